The van der Waals surface area contributed by atoms with E-state index in [-0.39, 0.29) is 6.04 Å². The van der Waals surface area contributed by atoms with Crippen LogP contribution >= 0.6 is 0 Å². The van der Waals surface area contributed by atoms with Crippen LogP contribution in [0.1, 0.15) is 39.5 Å². The normalized spacial score (nSPS) is 11.6. The molecule has 0 radical (unpaired) electrons. The molecule has 0 spiro atoms. The van der Waals surface area contributed by atoms with Crippen LogP contribution in [-0.4, -0.2) is 36.3 Å². The van der Waals surface area contributed by atoms with E-state index in [1.54, 1.807) is 13.3 Å². The molecule has 1 aromatic heterocycles. The Hall–Kier alpha value is -1.98. The van der Waals surface area contributed by atoms with Crippen molar-refractivity contribution in [2.75, 3.05) is 25.6 Å². The molecule has 2 N–H and O–H groups in total. The number of methoxy groups -OCH3 is 1. The van der Waals surface area contributed by atoms with E-state index < -0.39 is 0 Å². The number of aromatic nitrogens is 2. The first kappa shape index (κ1) is 18.1. The molecule has 6 nitrogen and oxygen atoms in total. The third-order valence-corrected chi connectivity index (χ3v) is 3.26. The zero-order chi connectivity index (χ0) is 16.2. The minimum absolute atomic E-state index is 0.276. The fourth-order valence-corrected chi connectivity index (χ4v) is 2.08. The number of rotatable bonds is 12. The molecule has 0 unspecified atom stereocenters. The molecule has 0 aliphatic rings. The van der Waals surface area contributed by atoms with Gasteiger partial charge in [-0.2, -0.15) is 0 Å². The number of unbranched alkanes of at least 4 members (excludes halogenated alkanes) is 1. The third-order valence-electron chi connectivity index (χ3n) is 3.26. The molecule has 0 bridgehead atoms. The maximum atomic E-state index is 5.58. The molecule has 1 rings (SSSR count). The Labute approximate surface area is 133 Å². The standard InChI is InChI=1S/C16H28N4O2/c1-5-7-8-14(9-10-22-13(3)18-6-2)20-16-15(21-4)11-17-12-19-16/h11-12,14,18H,3,5-10H2,1-2,4H3,(H,17,19,20)/t14-/m0/s1. The lowest BCUT2D eigenvalue weighted by Gasteiger charge is -2.20. The van der Waals surface area contributed by atoms with Crippen LogP contribution in [0, 0.1) is 0 Å². The maximum absolute atomic E-state index is 5.58. The monoisotopic (exact) mass is 308 g/mol. The highest BCUT2D eigenvalue weighted by Gasteiger charge is 2.12. The Morgan fingerprint density at radius 2 is 2.18 bits per heavy atom. The molecule has 22 heavy (non-hydrogen) atoms. The van der Waals surface area contributed by atoms with E-state index >= 15 is 0 Å². The van der Waals surface area contributed by atoms with Gasteiger partial charge in [-0.15, -0.1) is 0 Å². The number of ether oxygens (including phenoxy) is 2. The van der Waals surface area contributed by atoms with Crippen molar-refractivity contribution in [2.45, 2.75) is 45.6 Å². The van der Waals surface area contributed by atoms with Gasteiger partial charge >= 0.3 is 0 Å². The Kier molecular flexibility index (Phi) is 8.79. The average Bonchev–Trinajstić information content (AvgIpc) is 2.53. The Morgan fingerprint density at radius 1 is 1.36 bits per heavy atom. The van der Waals surface area contributed by atoms with Gasteiger partial charge in [0.25, 0.3) is 0 Å². The van der Waals surface area contributed by atoms with Crippen molar-refractivity contribution in [3.63, 3.8) is 0 Å². The van der Waals surface area contributed by atoms with Gasteiger partial charge in [-0.05, 0) is 19.9 Å². The van der Waals surface area contributed by atoms with E-state index in [1.807, 2.05) is 6.92 Å². The average molecular weight is 308 g/mol. The number of nitrogens with one attached hydrogen (secondary N) is 2. The quantitative estimate of drug-likeness (QED) is 0.579. The van der Waals surface area contributed by atoms with E-state index in [2.05, 4.69) is 34.1 Å². The predicted octanol–water partition coefficient (Wildman–Crippen LogP) is 2.94. The fourth-order valence-electron chi connectivity index (χ4n) is 2.08. The summed E-state index contributed by atoms with van der Waals surface area (Å²) in [7, 11) is 1.62. The molecule has 1 aromatic rings. The van der Waals surface area contributed by atoms with Gasteiger partial charge in [0, 0.05) is 19.0 Å². The summed E-state index contributed by atoms with van der Waals surface area (Å²) >= 11 is 0. The second-order valence-electron chi connectivity index (χ2n) is 5.01. The Bertz CT molecular complexity index is 440. The summed E-state index contributed by atoms with van der Waals surface area (Å²) in [6, 6.07) is 0.276. The summed E-state index contributed by atoms with van der Waals surface area (Å²) in [6.45, 7) is 9.45. The van der Waals surface area contributed by atoms with Crippen molar-refractivity contribution in [3.8, 4) is 5.75 Å². The van der Waals surface area contributed by atoms with Gasteiger partial charge in [-0.1, -0.05) is 19.8 Å². The molecule has 0 aliphatic carbocycles. The molecule has 0 aromatic carbocycles. The van der Waals surface area contributed by atoms with Gasteiger partial charge in [-0.25, -0.2) is 9.97 Å². The van der Waals surface area contributed by atoms with E-state index in [4.69, 9.17) is 9.47 Å². The first-order chi connectivity index (χ1) is 10.7. The van der Waals surface area contributed by atoms with Crippen molar-refractivity contribution in [1.29, 1.82) is 0 Å². The molecule has 0 aliphatic heterocycles. The number of nitrogens with zero attached hydrogens (tertiary/aromatic N) is 2. The van der Waals surface area contributed by atoms with Crippen LogP contribution in [0.2, 0.25) is 0 Å². The van der Waals surface area contributed by atoms with Gasteiger partial charge in [0.1, 0.15) is 6.33 Å². The second kappa shape index (κ2) is 10.7. The van der Waals surface area contributed by atoms with Crippen molar-refractivity contribution in [2.24, 2.45) is 0 Å². The van der Waals surface area contributed by atoms with E-state index in [0.29, 0.717) is 18.2 Å². The molecule has 6 heteroatoms. The number of hydrogen-bond donors (Lipinski definition) is 2. The summed E-state index contributed by atoms with van der Waals surface area (Å²) in [5, 5.41) is 6.49. The molecule has 0 fully saturated rings. The zero-order valence-corrected chi connectivity index (χ0v) is 13.9. The lowest BCUT2D eigenvalue weighted by Crippen LogP contribution is -2.23. The van der Waals surface area contributed by atoms with Crippen LogP contribution in [0.15, 0.2) is 25.0 Å². The number of anilines is 1. The van der Waals surface area contributed by atoms with Crippen molar-refractivity contribution in [3.05, 3.63) is 25.0 Å². The minimum Gasteiger partial charge on any atom is -0.491 e. The van der Waals surface area contributed by atoms with E-state index in [1.165, 1.54) is 6.33 Å². The van der Waals surface area contributed by atoms with Crippen LogP contribution in [0.5, 0.6) is 5.75 Å². The van der Waals surface area contributed by atoms with E-state index in [9.17, 15) is 0 Å². The summed E-state index contributed by atoms with van der Waals surface area (Å²) in [5.74, 6) is 2.00. The van der Waals surface area contributed by atoms with Crippen molar-refractivity contribution >= 4 is 5.82 Å². The van der Waals surface area contributed by atoms with Gasteiger partial charge in [0.2, 0.25) is 0 Å². The van der Waals surface area contributed by atoms with Crippen LogP contribution in [0.4, 0.5) is 5.82 Å². The predicted molar refractivity (Wildman–Crippen MR) is 88.9 cm³/mol. The van der Waals surface area contributed by atoms with Gasteiger partial charge in [0.15, 0.2) is 17.5 Å². The fraction of sp³-hybridized carbons (Fsp3) is 0.625. The van der Waals surface area contributed by atoms with Gasteiger partial charge in [-0.3, -0.25) is 0 Å². The Balaban J connectivity index is 2.54. The third kappa shape index (κ3) is 6.65. The second-order valence-corrected chi connectivity index (χ2v) is 5.01. The van der Waals surface area contributed by atoms with Crippen molar-refractivity contribution in [1.82, 2.24) is 15.3 Å². The van der Waals surface area contributed by atoms with E-state index in [0.717, 1.165) is 38.0 Å². The molecular formula is C16H28N4O2. The highest BCUT2D eigenvalue weighted by atomic mass is 16.5. The lowest BCUT2D eigenvalue weighted by molar-refractivity contribution is 0.184. The zero-order valence-electron chi connectivity index (χ0n) is 13.9. The van der Waals surface area contributed by atoms with Gasteiger partial charge in [0.05, 0.1) is 19.9 Å². The highest BCUT2D eigenvalue weighted by molar-refractivity contribution is 5.48. The van der Waals surface area contributed by atoms with Gasteiger partial charge < -0.3 is 20.1 Å². The molecule has 0 saturated heterocycles. The lowest BCUT2D eigenvalue weighted by atomic mass is 10.1. The number of hydrogen-bond acceptors (Lipinski definition) is 6. The summed E-state index contributed by atoms with van der Waals surface area (Å²) in [5.41, 5.74) is 0. The molecule has 1 atom stereocenters. The topological polar surface area (TPSA) is 68.3 Å². The first-order valence-corrected chi connectivity index (χ1v) is 7.87. The van der Waals surface area contributed by atoms with Crippen LogP contribution in [-0.2, 0) is 4.74 Å². The van der Waals surface area contributed by atoms with Crippen LogP contribution in [0.25, 0.3) is 0 Å². The molecular weight excluding hydrogens is 280 g/mol. The molecule has 0 saturated carbocycles. The minimum atomic E-state index is 0.276. The SMILES string of the molecule is C=C(NCC)OCC[C@H](CCCC)Nc1ncncc1OC. The van der Waals surface area contributed by atoms with Crippen molar-refractivity contribution < 1.29 is 9.47 Å². The largest absolute Gasteiger partial charge is 0.491 e. The molecule has 124 valence electrons. The summed E-state index contributed by atoms with van der Waals surface area (Å²) < 4.78 is 10.9. The van der Waals surface area contributed by atoms with Crippen LogP contribution < -0.4 is 15.4 Å². The smallest absolute Gasteiger partial charge is 0.179 e. The summed E-state index contributed by atoms with van der Waals surface area (Å²) in [6.07, 6.45) is 7.42. The van der Waals surface area contributed by atoms with Crippen LogP contribution in [0.3, 0.4) is 0 Å². The summed E-state index contributed by atoms with van der Waals surface area (Å²) in [4.78, 5) is 8.22. The molecule has 1 heterocycles. The first-order valence-electron chi connectivity index (χ1n) is 7.87. The molecule has 0 amide bonds. The maximum Gasteiger partial charge on any atom is 0.179 e. The Morgan fingerprint density at radius 3 is 2.86 bits per heavy atom. The highest BCUT2D eigenvalue weighted by Crippen LogP contribution is 2.21.